The predicted octanol–water partition coefficient (Wildman–Crippen LogP) is 5.30. The van der Waals surface area contributed by atoms with E-state index in [1.54, 1.807) is 24.3 Å². The molecule has 1 fully saturated rings. The van der Waals surface area contributed by atoms with Crippen molar-refractivity contribution in [3.05, 3.63) is 82.9 Å². The van der Waals surface area contributed by atoms with Crippen LogP contribution in [0.1, 0.15) is 43.2 Å². The zero-order chi connectivity index (χ0) is 22.3. The van der Waals surface area contributed by atoms with E-state index in [0.717, 1.165) is 53.1 Å². The highest BCUT2D eigenvalue weighted by Gasteiger charge is 2.30. The largest absolute Gasteiger partial charge is 0.515 e. The van der Waals surface area contributed by atoms with Crippen LogP contribution >= 0.6 is 0 Å². The fraction of sp³-hybridized carbons (Fsp3) is 0.333. The summed E-state index contributed by atoms with van der Waals surface area (Å²) in [6.07, 6.45) is 3.70. The second kappa shape index (κ2) is 10.3. The minimum Gasteiger partial charge on any atom is -0.437 e. The third-order valence-electron chi connectivity index (χ3n) is 5.09. The highest BCUT2D eigenvalue weighted by atomic mass is 32.2. The van der Waals surface area contributed by atoms with Gasteiger partial charge in [0.2, 0.25) is 0 Å². The lowest BCUT2D eigenvalue weighted by atomic mass is 9.96. The number of ether oxygens (including phenoxy) is 2. The summed E-state index contributed by atoms with van der Waals surface area (Å²) < 4.78 is 38.3. The number of nitrogens with zero attached hydrogens (tertiary/aromatic N) is 1. The van der Waals surface area contributed by atoms with E-state index >= 15 is 0 Å². The SMILES string of the molecule is COC(=O)OC(=C=C1CCCCC1)N(Cc1ccccc1)S(=O)(=O)c1ccc(C)cc1. The van der Waals surface area contributed by atoms with Gasteiger partial charge in [-0.1, -0.05) is 60.2 Å². The van der Waals surface area contributed by atoms with Crippen molar-refractivity contribution in [2.45, 2.75) is 50.5 Å². The van der Waals surface area contributed by atoms with Crippen molar-refractivity contribution in [1.82, 2.24) is 4.31 Å². The zero-order valence-corrected chi connectivity index (χ0v) is 18.7. The van der Waals surface area contributed by atoms with Crippen LogP contribution in [0, 0.1) is 6.92 Å². The molecule has 1 aliphatic rings. The van der Waals surface area contributed by atoms with Gasteiger partial charge < -0.3 is 9.47 Å². The second-order valence-corrected chi connectivity index (χ2v) is 9.32. The maximum absolute atomic E-state index is 13.6. The predicted molar refractivity (Wildman–Crippen MR) is 117 cm³/mol. The number of benzene rings is 2. The molecule has 7 heteroatoms. The first-order valence-electron chi connectivity index (χ1n) is 10.3. The minimum atomic E-state index is -4.03. The first-order valence-corrected chi connectivity index (χ1v) is 11.7. The molecule has 0 atom stereocenters. The molecule has 0 N–H and O–H groups in total. The topological polar surface area (TPSA) is 72.9 Å². The monoisotopic (exact) mass is 441 g/mol. The van der Waals surface area contributed by atoms with Gasteiger partial charge in [-0.2, -0.15) is 0 Å². The van der Waals surface area contributed by atoms with Gasteiger partial charge in [0.05, 0.1) is 18.6 Å². The van der Waals surface area contributed by atoms with E-state index in [9.17, 15) is 13.2 Å². The number of aryl methyl sites for hydroxylation is 1. The molecule has 164 valence electrons. The van der Waals surface area contributed by atoms with Crippen molar-refractivity contribution in [1.29, 1.82) is 0 Å². The number of hydrogen-bond donors (Lipinski definition) is 0. The molecule has 2 aromatic rings. The van der Waals surface area contributed by atoms with E-state index in [2.05, 4.69) is 10.5 Å². The summed E-state index contributed by atoms with van der Waals surface area (Å²) in [6.45, 7) is 1.88. The molecule has 2 aromatic carbocycles. The average Bonchev–Trinajstić information content (AvgIpc) is 2.78. The van der Waals surface area contributed by atoms with E-state index in [-0.39, 0.29) is 17.3 Å². The highest BCUT2D eigenvalue weighted by molar-refractivity contribution is 7.89. The van der Waals surface area contributed by atoms with Crippen LogP contribution in [0.15, 0.2) is 76.7 Å². The molecule has 0 heterocycles. The molecule has 3 rings (SSSR count). The number of carbonyl (C=O) groups excluding carboxylic acids is 1. The summed E-state index contributed by atoms with van der Waals surface area (Å²) in [6, 6.07) is 15.7. The minimum absolute atomic E-state index is 0.0103. The molecule has 31 heavy (non-hydrogen) atoms. The maximum atomic E-state index is 13.6. The molecule has 1 saturated carbocycles. The molecule has 0 aromatic heterocycles. The summed E-state index contributed by atoms with van der Waals surface area (Å²) in [5, 5.41) is 0. The Kier molecular flexibility index (Phi) is 7.55. The van der Waals surface area contributed by atoms with Crippen molar-refractivity contribution >= 4 is 16.2 Å². The summed E-state index contributed by atoms with van der Waals surface area (Å²) in [5.74, 6) is -0.173. The Labute approximate surface area is 183 Å². The second-order valence-electron chi connectivity index (χ2n) is 7.46. The first-order chi connectivity index (χ1) is 14.9. The van der Waals surface area contributed by atoms with Crippen molar-refractivity contribution in [2.24, 2.45) is 0 Å². The Hall–Kier alpha value is -3.02. The Morgan fingerprint density at radius 1 is 1.00 bits per heavy atom. The van der Waals surface area contributed by atoms with Gasteiger partial charge in [0.15, 0.2) is 0 Å². The molecule has 1 aliphatic carbocycles. The van der Waals surface area contributed by atoms with Gasteiger partial charge >= 0.3 is 6.16 Å². The van der Waals surface area contributed by atoms with Crippen molar-refractivity contribution in [2.75, 3.05) is 7.11 Å². The molecule has 0 amide bonds. The summed E-state index contributed by atoms with van der Waals surface area (Å²) in [5.41, 5.74) is 5.71. The molecule has 0 bridgehead atoms. The molecule has 0 spiro atoms. The fourth-order valence-corrected chi connectivity index (χ4v) is 4.72. The Morgan fingerprint density at radius 2 is 1.65 bits per heavy atom. The van der Waals surface area contributed by atoms with Crippen LogP contribution in [0.3, 0.4) is 0 Å². The van der Waals surface area contributed by atoms with E-state index in [1.807, 2.05) is 37.3 Å². The van der Waals surface area contributed by atoms with Crippen molar-refractivity contribution in [3.8, 4) is 0 Å². The summed E-state index contributed by atoms with van der Waals surface area (Å²) in [7, 11) is -2.85. The molecule has 0 aliphatic heterocycles. The fourth-order valence-electron chi connectivity index (χ4n) is 3.37. The Balaban J connectivity index is 2.14. The summed E-state index contributed by atoms with van der Waals surface area (Å²) >= 11 is 0. The number of methoxy groups -OCH3 is 1. The van der Waals surface area contributed by atoms with E-state index in [0.29, 0.717) is 0 Å². The highest BCUT2D eigenvalue weighted by Crippen LogP contribution is 2.27. The number of allylic oxidation sites excluding steroid dienone is 1. The first kappa shape index (κ1) is 22.7. The number of carbonyl (C=O) groups is 1. The molecule has 0 unspecified atom stereocenters. The Morgan fingerprint density at radius 3 is 2.26 bits per heavy atom. The average molecular weight is 442 g/mol. The van der Waals surface area contributed by atoms with E-state index in [1.165, 1.54) is 7.11 Å². The third kappa shape index (κ3) is 6.00. The van der Waals surface area contributed by atoms with Gasteiger partial charge in [0.25, 0.3) is 15.9 Å². The lowest BCUT2D eigenvalue weighted by Gasteiger charge is -2.25. The van der Waals surface area contributed by atoms with Gasteiger partial charge in [-0.3, -0.25) is 0 Å². The zero-order valence-electron chi connectivity index (χ0n) is 17.8. The van der Waals surface area contributed by atoms with Gasteiger partial charge in [-0.05, 0) is 55.9 Å². The third-order valence-corrected chi connectivity index (χ3v) is 6.84. The van der Waals surface area contributed by atoms with E-state index < -0.39 is 16.2 Å². The van der Waals surface area contributed by atoms with Crippen LogP contribution in [-0.2, 0) is 26.0 Å². The van der Waals surface area contributed by atoms with Crippen molar-refractivity contribution in [3.63, 3.8) is 0 Å². The normalized spacial score (nSPS) is 13.8. The van der Waals surface area contributed by atoms with Crippen LogP contribution in [0.2, 0.25) is 0 Å². The van der Waals surface area contributed by atoms with Crippen LogP contribution in [-0.4, -0.2) is 26.0 Å². The number of rotatable bonds is 6. The maximum Gasteiger partial charge on any atom is 0.515 e. The lowest BCUT2D eigenvalue weighted by molar-refractivity contribution is 0.0818. The lowest BCUT2D eigenvalue weighted by Crippen LogP contribution is -2.32. The smallest absolute Gasteiger partial charge is 0.437 e. The summed E-state index contributed by atoms with van der Waals surface area (Å²) in [4.78, 5) is 12.1. The molecule has 0 saturated heterocycles. The van der Waals surface area contributed by atoms with Crippen LogP contribution in [0.4, 0.5) is 4.79 Å². The van der Waals surface area contributed by atoms with Gasteiger partial charge in [0, 0.05) is 0 Å². The number of sulfonamides is 1. The number of hydrogen-bond acceptors (Lipinski definition) is 5. The molecule has 6 nitrogen and oxygen atoms in total. The Bertz CT molecular complexity index is 1060. The quantitative estimate of drug-likeness (QED) is 0.346. The van der Waals surface area contributed by atoms with Gasteiger partial charge in [0.1, 0.15) is 0 Å². The van der Waals surface area contributed by atoms with Gasteiger partial charge in [-0.25, -0.2) is 17.5 Å². The van der Waals surface area contributed by atoms with E-state index in [4.69, 9.17) is 4.74 Å². The molecular weight excluding hydrogens is 414 g/mol. The van der Waals surface area contributed by atoms with Crippen LogP contribution in [0.5, 0.6) is 0 Å². The van der Waals surface area contributed by atoms with Crippen molar-refractivity contribution < 1.29 is 22.7 Å². The van der Waals surface area contributed by atoms with Gasteiger partial charge in [-0.15, -0.1) is 0 Å². The molecular formula is C24H27NO5S. The van der Waals surface area contributed by atoms with Crippen LogP contribution in [0.25, 0.3) is 0 Å². The van der Waals surface area contributed by atoms with Crippen LogP contribution < -0.4 is 0 Å². The molecule has 0 radical (unpaired) electrons. The standard InChI is InChI=1S/C24H27NO5S/c1-19-13-15-22(16-14-19)31(27,28)25(18-21-11-7-4-8-12-21)23(30-24(26)29-2)17-20-9-5-3-6-10-20/h4,7-8,11-16H,3,5-6,9-10,18H2,1-2H3.